The fraction of sp³-hybridized carbons (Fsp3) is 0.250. The molecule has 4 rings (SSSR count). The first kappa shape index (κ1) is 28.3. The molecule has 0 saturated heterocycles. The number of thiophene rings is 1. The van der Waals surface area contributed by atoms with E-state index in [1.165, 1.54) is 42.3 Å². The molecule has 3 aromatic rings. The van der Waals surface area contributed by atoms with Crippen molar-refractivity contribution >= 4 is 62.1 Å². The Hall–Kier alpha value is -2.74. The Balaban J connectivity index is 1.59. The number of fused-ring (bicyclic) bond motifs is 1. The van der Waals surface area contributed by atoms with Gasteiger partial charge in [0.25, 0.3) is 11.8 Å². The Morgan fingerprint density at radius 2 is 1.95 bits per heavy atom. The molecule has 1 aliphatic rings. The summed E-state index contributed by atoms with van der Waals surface area (Å²) in [5, 5.41) is 13.5. The van der Waals surface area contributed by atoms with E-state index >= 15 is 0 Å². The minimum atomic E-state index is -3.86. The predicted octanol–water partition coefficient (Wildman–Crippen LogP) is 3.53. The van der Waals surface area contributed by atoms with Crippen LogP contribution in [0.5, 0.6) is 5.75 Å². The van der Waals surface area contributed by atoms with Gasteiger partial charge < -0.3 is 15.2 Å². The third-order valence-corrected chi connectivity index (χ3v) is 9.32. The molecule has 2 heterocycles. The predicted molar refractivity (Wildman–Crippen MR) is 142 cm³/mol. The van der Waals surface area contributed by atoms with Gasteiger partial charge in [-0.2, -0.15) is 4.31 Å². The normalized spacial score (nSPS) is 15.2. The molecular formula is C24H22Cl2FN3O6S2. The third-order valence-electron chi connectivity index (χ3n) is 5.69. The number of hydrogen-bond donors (Lipinski definition) is 2. The number of aliphatic hydroxyl groups is 1. The molecule has 0 fully saturated rings. The monoisotopic (exact) mass is 601 g/mol. The number of hydrogen-bond acceptors (Lipinski definition) is 7. The van der Waals surface area contributed by atoms with Crippen molar-refractivity contribution in [1.29, 1.82) is 0 Å². The second-order valence-electron chi connectivity index (χ2n) is 8.27. The van der Waals surface area contributed by atoms with Crippen molar-refractivity contribution in [3.8, 4) is 5.75 Å². The fourth-order valence-electron chi connectivity index (χ4n) is 3.75. The number of anilines is 1. The van der Waals surface area contributed by atoms with Crippen LogP contribution < -0.4 is 15.0 Å². The molecule has 1 aliphatic heterocycles. The highest BCUT2D eigenvalue weighted by molar-refractivity contribution is 7.89. The molecule has 2 amide bonds. The molecule has 1 unspecified atom stereocenters. The van der Waals surface area contributed by atoms with Crippen LogP contribution in [0.25, 0.3) is 0 Å². The van der Waals surface area contributed by atoms with Crippen LogP contribution in [0.2, 0.25) is 10.0 Å². The maximum absolute atomic E-state index is 13.9. The van der Waals surface area contributed by atoms with Crippen LogP contribution in [0.1, 0.15) is 15.2 Å². The molecule has 0 bridgehead atoms. The van der Waals surface area contributed by atoms with Gasteiger partial charge in [-0.15, -0.1) is 11.3 Å². The first-order valence-corrected chi connectivity index (χ1v) is 14.2. The average molecular weight is 602 g/mol. The number of sulfonamides is 1. The first-order valence-electron chi connectivity index (χ1n) is 11.2. The lowest BCUT2D eigenvalue weighted by atomic mass is 10.1. The minimum Gasteiger partial charge on any atom is -0.476 e. The Labute approximate surface area is 232 Å². The SMILES string of the molecule is CN(Cc1csc(C(=O)N2CC(C(=O)NCCO)Oc3cc(F)ccc32)c1Cl)S(=O)(=O)c1ccc(Cl)cc1. The van der Waals surface area contributed by atoms with Gasteiger partial charge in [-0.05, 0) is 47.3 Å². The number of amides is 2. The number of carbonyl (C=O) groups is 2. The van der Waals surface area contributed by atoms with Gasteiger partial charge in [-0.3, -0.25) is 14.5 Å². The van der Waals surface area contributed by atoms with E-state index in [0.717, 1.165) is 27.8 Å². The van der Waals surface area contributed by atoms with Crippen molar-refractivity contribution in [1.82, 2.24) is 9.62 Å². The quantitative estimate of drug-likeness (QED) is 0.408. The van der Waals surface area contributed by atoms with E-state index in [4.69, 9.17) is 33.0 Å². The fourth-order valence-corrected chi connectivity index (χ4v) is 6.31. The van der Waals surface area contributed by atoms with E-state index in [-0.39, 0.29) is 52.5 Å². The van der Waals surface area contributed by atoms with E-state index in [0.29, 0.717) is 10.6 Å². The molecule has 9 nitrogen and oxygen atoms in total. The Morgan fingerprint density at radius 3 is 2.63 bits per heavy atom. The lowest BCUT2D eigenvalue weighted by Crippen LogP contribution is -2.51. The summed E-state index contributed by atoms with van der Waals surface area (Å²) in [6.07, 6.45) is -1.16. The molecule has 14 heteroatoms. The van der Waals surface area contributed by atoms with E-state index < -0.39 is 33.8 Å². The summed E-state index contributed by atoms with van der Waals surface area (Å²) in [6, 6.07) is 9.32. The van der Waals surface area contributed by atoms with Gasteiger partial charge >= 0.3 is 0 Å². The summed E-state index contributed by atoms with van der Waals surface area (Å²) in [6.45, 7) is -0.606. The molecule has 0 saturated carbocycles. The van der Waals surface area contributed by atoms with Crippen LogP contribution in [0.4, 0.5) is 10.1 Å². The first-order chi connectivity index (χ1) is 18.0. The number of benzene rings is 2. The highest BCUT2D eigenvalue weighted by Gasteiger charge is 2.36. The van der Waals surface area contributed by atoms with Gasteiger partial charge in [0.1, 0.15) is 16.4 Å². The van der Waals surface area contributed by atoms with Crippen LogP contribution in [0, 0.1) is 5.82 Å². The molecule has 0 radical (unpaired) electrons. The zero-order chi connectivity index (χ0) is 27.6. The van der Waals surface area contributed by atoms with Crippen LogP contribution in [-0.2, 0) is 21.4 Å². The van der Waals surface area contributed by atoms with Crippen molar-refractivity contribution < 1.29 is 32.2 Å². The largest absolute Gasteiger partial charge is 0.476 e. The summed E-state index contributed by atoms with van der Waals surface area (Å²) in [7, 11) is -2.47. The highest BCUT2D eigenvalue weighted by atomic mass is 35.5. The van der Waals surface area contributed by atoms with E-state index in [1.54, 1.807) is 5.38 Å². The number of halogens is 3. The number of nitrogens with zero attached hydrogens (tertiary/aromatic N) is 2. The Kier molecular flexibility index (Phi) is 8.60. The minimum absolute atomic E-state index is 0.00422. The lowest BCUT2D eigenvalue weighted by molar-refractivity contribution is -0.127. The Bertz CT molecular complexity index is 1470. The zero-order valence-corrected chi connectivity index (χ0v) is 23.0. The molecule has 202 valence electrons. The molecule has 0 aliphatic carbocycles. The molecule has 1 atom stereocenters. The maximum Gasteiger partial charge on any atom is 0.270 e. The number of nitrogens with one attached hydrogen (secondary N) is 1. The van der Waals surface area contributed by atoms with Gasteiger partial charge in [0.15, 0.2) is 6.10 Å². The zero-order valence-electron chi connectivity index (χ0n) is 19.9. The summed E-state index contributed by atoms with van der Waals surface area (Å²) in [5.74, 6) is -1.77. The average Bonchev–Trinajstić information content (AvgIpc) is 3.25. The topological polar surface area (TPSA) is 116 Å². The maximum atomic E-state index is 13.9. The summed E-state index contributed by atoms with van der Waals surface area (Å²) in [4.78, 5) is 27.5. The van der Waals surface area contributed by atoms with Crippen molar-refractivity contribution in [3.63, 3.8) is 0 Å². The molecular weight excluding hydrogens is 580 g/mol. The summed E-state index contributed by atoms with van der Waals surface area (Å²) < 4.78 is 46.5. The van der Waals surface area contributed by atoms with Crippen molar-refractivity contribution in [2.24, 2.45) is 0 Å². The smallest absolute Gasteiger partial charge is 0.270 e. The molecule has 2 N–H and O–H groups in total. The van der Waals surface area contributed by atoms with Crippen LogP contribution >= 0.6 is 34.5 Å². The summed E-state index contributed by atoms with van der Waals surface area (Å²) in [5.41, 5.74) is 0.654. The van der Waals surface area contributed by atoms with Gasteiger partial charge in [0, 0.05) is 31.2 Å². The van der Waals surface area contributed by atoms with E-state index in [2.05, 4.69) is 5.32 Å². The van der Waals surface area contributed by atoms with E-state index in [9.17, 15) is 22.4 Å². The van der Waals surface area contributed by atoms with E-state index in [1.807, 2.05) is 0 Å². The van der Waals surface area contributed by atoms with Crippen LogP contribution in [0.15, 0.2) is 52.7 Å². The third kappa shape index (κ3) is 5.80. The number of rotatable bonds is 8. The highest BCUT2D eigenvalue weighted by Crippen LogP contribution is 2.38. The second-order valence-corrected chi connectivity index (χ2v) is 12.0. The Morgan fingerprint density at radius 1 is 1.24 bits per heavy atom. The number of ether oxygens (including phenoxy) is 1. The standard InChI is InChI=1S/C24H22Cl2FN3O6S2/c1-29(38(34,35)17-5-2-15(25)3-6-17)11-14-13-37-22(21(14)26)24(33)30-12-20(23(32)28-8-9-31)36-19-10-16(27)4-7-18(19)30/h2-7,10,13,20,31H,8-9,11-12H2,1H3,(H,28,32). The van der Waals surface area contributed by atoms with Crippen LogP contribution in [0.3, 0.4) is 0 Å². The van der Waals surface area contributed by atoms with Gasteiger partial charge in [-0.25, -0.2) is 12.8 Å². The van der Waals surface area contributed by atoms with Crippen molar-refractivity contribution in [2.45, 2.75) is 17.5 Å². The lowest BCUT2D eigenvalue weighted by Gasteiger charge is -2.34. The molecule has 0 spiro atoms. The molecule has 38 heavy (non-hydrogen) atoms. The van der Waals surface area contributed by atoms with Crippen molar-refractivity contribution in [3.05, 3.63) is 74.1 Å². The second kappa shape index (κ2) is 11.6. The van der Waals surface area contributed by atoms with Crippen LogP contribution in [-0.4, -0.2) is 62.5 Å². The molecule has 1 aromatic heterocycles. The number of carbonyl (C=O) groups excluding carboxylic acids is 2. The number of aliphatic hydroxyl groups excluding tert-OH is 1. The van der Waals surface area contributed by atoms with Gasteiger partial charge in [0.2, 0.25) is 10.0 Å². The van der Waals surface area contributed by atoms with Gasteiger partial charge in [-0.1, -0.05) is 23.2 Å². The summed E-state index contributed by atoms with van der Waals surface area (Å²) >= 11 is 13.4. The van der Waals surface area contributed by atoms with Gasteiger partial charge in [0.05, 0.1) is 28.8 Å². The molecule has 2 aromatic carbocycles. The van der Waals surface area contributed by atoms with Crippen molar-refractivity contribution in [2.75, 3.05) is 31.6 Å².